The van der Waals surface area contributed by atoms with Crippen molar-refractivity contribution in [3.05, 3.63) is 90.0 Å². The number of aromatic nitrogens is 2. The molecule has 0 saturated carbocycles. The van der Waals surface area contributed by atoms with E-state index in [0.717, 1.165) is 11.1 Å². The minimum atomic E-state index is -1.33. The van der Waals surface area contributed by atoms with Gasteiger partial charge in [0.1, 0.15) is 12.1 Å². The molecular weight excluding hydrogens is 638 g/mol. The first-order chi connectivity index (χ1) is 23.8. The molecule has 0 unspecified atom stereocenters. The van der Waals surface area contributed by atoms with E-state index in [9.17, 15) is 29.1 Å². The molecular formula is C37H51N7O6. The highest BCUT2D eigenvalue weighted by Crippen LogP contribution is 2.14. The molecule has 3 rings (SSSR count). The van der Waals surface area contributed by atoms with Gasteiger partial charge in [-0.2, -0.15) is 0 Å². The minimum Gasteiger partial charge on any atom is -0.390 e. The second kappa shape index (κ2) is 20.0. The van der Waals surface area contributed by atoms with Crippen molar-refractivity contribution < 1.29 is 29.1 Å². The Bertz CT molecular complexity index is 1520. The second-order valence-corrected chi connectivity index (χ2v) is 13.5. The van der Waals surface area contributed by atoms with E-state index in [-0.39, 0.29) is 37.5 Å². The van der Waals surface area contributed by atoms with Crippen molar-refractivity contribution in [2.24, 2.45) is 17.6 Å². The standard InChI is InChI=1S/C37H51N7O6/c1-23(2)15-29(32(45)20-34(47)41-30(16-24(3)4)37(50)44-33(46)18-26-13-9-6-10-14-26)42-36(49)31(19-27-21-39-22-40-27)43-35(48)28(38)17-25-11-7-5-8-12-25/h5-14,21-24,28-32,45H,15-20,38H2,1-4H3,(H,39,40)(H,41,47)(H,42,49)(H,43,48)(H,44,46,50)/t28-,29-,30-,31-,32-/m0/s1. The summed E-state index contributed by atoms with van der Waals surface area (Å²) in [7, 11) is 0. The summed E-state index contributed by atoms with van der Waals surface area (Å²) < 4.78 is 0. The Labute approximate surface area is 293 Å². The van der Waals surface area contributed by atoms with Crippen molar-refractivity contribution in [1.29, 1.82) is 0 Å². The molecule has 0 aliphatic rings. The van der Waals surface area contributed by atoms with E-state index in [2.05, 4.69) is 31.2 Å². The lowest BCUT2D eigenvalue weighted by molar-refractivity contribution is -0.135. The van der Waals surface area contributed by atoms with Gasteiger partial charge >= 0.3 is 0 Å². The van der Waals surface area contributed by atoms with Crippen LogP contribution in [-0.4, -0.2) is 74.9 Å². The van der Waals surface area contributed by atoms with Gasteiger partial charge < -0.3 is 31.8 Å². The Balaban J connectivity index is 1.66. The largest absolute Gasteiger partial charge is 0.390 e. The zero-order valence-electron chi connectivity index (χ0n) is 29.2. The number of carbonyl (C=O) groups excluding carboxylic acids is 5. The van der Waals surface area contributed by atoms with Gasteiger partial charge in [0.2, 0.25) is 29.5 Å². The topological polar surface area (TPSA) is 208 Å². The molecule has 13 heteroatoms. The maximum atomic E-state index is 13.7. The number of nitrogens with two attached hydrogens (primary N) is 1. The fourth-order valence-corrected chi connectivity index (χ4v) is 5.50. The number of benzene rings is 2. The van der Waals surface area contributed by atoms with Crippen molar-refractivity contribution in [3.63, 3.8) is 0 Å². The molecule has 270 valence electrons. The third-order valence-electron chi connectivity index (χ3n) is 7.98. The molecule has 8 N–H and O–H groups in total. The summed E-state index contributed by atoms with van der Waals surface area (Å²) in [6, 6.07) is 14.4. The molecule has 5 atom stereocenters. The van der Waals surface area contributed by atoms with Crippen LogP contribution in [-0.2, 0) is 43.2 Å². The van der Waals surface area contributed by atoms with Crippen LogP contribution in [0, 0.1) is 11.8 Å². The molecule has 1 heterocycles. The zero-order chi connectivity index (χ0) is 36.6. The van der Waals surface area contributed by atoms with Gasteiger partial charge in [0.05, 0.1) is 43.1 Å². The number of aliphatic hydroxyl groups is 1. The Kier molecular flexibility index (Phi) is 15.8. The number of nitrogens with one attached hydrogen (secondary N) is 5. The molecule has 0 aliphatic carbocycles. The van der Waals surface area contributed by atoms with E-state index in [1.165, 1.54) is 6.33 Å². The monoisotopic (exact) mass is 689 g/mol. The molecule has 0 saturated heterocycles. The molecule has 0 spiro atoms. The number of hydrogen-bond donors (Lipinski definition) is 7. The molecule has 0 bridgehead atoms. The first kappa shape index (κ1) is 39.6. The van der Waals surface area contributed by atoms with Crippen LogP contribution >= 0.6 is 0 Å². The highest BCUT2D eigenvalue weighted by atomic mass is 16.3. The quantitative estimate of drug-likeness (QED) is 0.0983. The molecule has 3 aromatic rings. The van der Waals surface area contributed by atoms with E-state index >= 15 is 0 Å². The SMILES string of the molecule is CC(C)C[C@H](NC(=O)C[C@H](O)[C@H](CC(C)C)NC(=O)[C@H](Cc1c[nH]cn1)NC(=O)[C@@H](N)Cc1ccccc1)C(=O)NC(=O)Cc1ccccc1. The fraction of sp³-hybridized carbons (Fsp3) is 0.459. The number of rotatable bonds is 19. The summed E-state index contributed by atoms with van der Waals surface area (Å²) in [6.07, 6.45) is 2.23. The molecule has 0 aliphatic heterocycles. The summed E-state index contributed by atoms with van der Waals surface area (Å²) in [5.74, 6) is -2.83. The lowest BCUT2D eigenvalue weighted by Gasteiger charge is -2.29. The Morgan fingerprint density at radius 2 is 1.36 bits per heavy atom. The van der Waals surface area contributed by atoms with Crippen LogP contribution in [0.1, 0.15) is 63.8 Å². The number of imide groups is 1. The number of H-pyrrole nitrogens is 1. The third kappa shape index (κ3) is 13.9. The van der Waals surface area contributed by atoms with Crippen LogP contribution in [0.25, 0.3) is 0 Å². The number of amides is 5. The summed E-state index contributed by atoms with van der Waals surface area (Å²) in [6.45, 7) is 7.59. The van der Waals surface area contributed by atoms with Gasteiger partial charge in [-0.15, -0.1) is 0 Å². The summed E-state index contributed by atoms with van der Waals surface area (Å²) >= 11 is 0. The van der Waals surface area contributed by atoms with Crippen LogP contribution in [0.2, 0.25) is 0 Å². The molecule has 13 nitrogen and oxygen atoms in total. The van der Waals surface area contributed by atoms with Crippen molar-refractivity contribution in [2.75, 3.05) is 0 Å². The van der Waals surface area contributed by atoms with Gasteiger partial charge in [0, 0.05) is 12.6 Å². The Hall–Kier alpha value is -4.88. The van der Waals surface area contributed by atoms with Crippen LogP contribution in [0.4, 0.5) is 0 Å². The zero-order valence-corrected chi connectivity index (χ0v) is 29.2. The Morgan fingerprint density at radius 1 is 0.740 bits per heavy atom. The van der Waals surface area contributed by atoms with Crippen LogP contribution in [0.3, 0.4) is 0 Å². The van der Waals surface area contributed by atoms with Gasteiger partial charge in [-0.25, -0.2) is 4.98 Å². The van der Waals surface area contributed by atoms with Gasteiger partial charge in [-0.1, -0.05) is 88.4 Å². The number of hydrogen-bond acceptors (Lipinski definition) is 8. The van der Waals surface area contributed by atoms with Gasteiger partial charge in [0.25, 0.3) is 0 Å². The summed E-state index contributed by atoms with van der Waals surface area (Å²) in [5.41, 5.74) is 8.33. The lowest BCUT2D eigenvalue weighted by Crippen LogP contribution is -2.56. The van der Waals surface area contributed by atoms with Gasteiger partial charge in [-0.05, 0) is 42.2 Å². The Morgan fingerprint density at radius 3 is 1.94 bits per heavy atom. The third-order valence-corrected chi connectivity index (χ3v) is 7.98. The van der Waals surface area contributed by atoms with Gasteiger partial charge in [-0.3, -0.25) is 29.3 Å². The minimum absolute atomic E-state index is 0.00474. The van der Waals surface area contributed by atoms with E-state index in [1.807, 2.05) is 64.1 Å². The summed E-state index contributed by atoms with van der Waals surface area (Å²) in [5, 5.41) is 21.8. The van der Waals surface area contributed by atoms with Crippen molar-refractivity contribution >= 4 is 29.5 Å². The maximum Gasteiger partial charge on any atom is 0.249 e. The highest BCUT2D eigenvalue weighted by Gasteiger charge is 2.31. The first-order valence-corrected chi connectivity index (χ1v) is 17.0. The molecule has 0 radical (unpaired) electrons. The highest BCUT2D eigenvalue weighted by molar-refractivity contribution is 6.00. The van der Waals surface area contributed by atoms with E-state index < -0.39 is 66.2 Å². The smallest absolute Gasteiger partial charge is 0.249 e. The van der Waals surface area contributed by atoms with Crippen molar-refractivity contribution in [1.82, 2.24) is 31.2 Å². The second-order valence-electron chi connectivity index (χ2n) is 13.5. The number of aliphatic hydroxyl groups excluding tert-OH is 1. The average Bonchev–Trinajstić information content (AvgIpc) is 3.57. The first-order valence-electron chi connectivity index (χ1n) is 17.0. The average molecular weight is 690 g/mol. The fourth-order valence-electron chi connectivity index (χ4n) is 5.50. The van der Waals surface area contributed by atoms with E-state index in [1.54, 1.807) is 30.5 Å². The van der Waals surface area contributed by atoms with Crippen molar-refractivity contribution in [2.45, 2.75) is 96.5 Å². The predicted molar refractivity (Wildman–Crippen MR) is 189 cm³/mol. The number of aromatic amines is 1. The van der Waals surface area contributed by atoms with Crippen LogP contribution < -0.4 is 27.0 Å². The molecule has 1 aromatic heterocycles. The van der Waals surface area contributed by atoms with E-state index in [4.69, 9.17) is 5.73 Å². The van der Waals surface area contributed by atoms with Crippen molar-refractivity contribution in [3.8, 4) is 0 Å². The molecule has 0 fully saturated rings. The van der Waals surface area contributed by atoms with Crippen LogP contribution in [0.5, 0.6) is 0 Å². The molecule has 5 amide bonds. The van der Waals surface area contributed by atoms with Gasteiger partial charge in [0.15, 0.2) is 0 Å². The number of imidazole rings is 1. The summed E-state index contributed by atoms with van der Waals surface area (Å²) in [4.78, 5) is 72.6. The van der Waals surface area contributed by atoms with E-state index in [0.29, 0.717) is 12.1 Å². The lowest BCUT2D eigenvalue weighted by atomic mass is 9.96. The molecule has 2 aromatic carbocycles. The van der Waals surface area contributed by atoms with Crippen LogP contribution in [0.15, 0.2) is 73.2 Å². The predicted octanol–water partition coefficient (Wildman–Crippen LogP) is 1.71. The number of nitrogens with zero attached hydrogens (tertiary/aromatic N) is 1. The normalized spacial score (nSPS) is 14.2. The number of carbonyl (C=O) groups is 5. The maximum absolute atomic E-state index is 13.7. The molecule has 50 heavy (non-hydrogen) atoms.